The van der Waals surface area contributed by atoms with Gasteiger partial charge in [0.15, 0.2) is 0 Å². The van der Waals surface area contributed by atoms with Gasteiger partial charge in [0, 0.05) is 37.1 Å². The number of anilines is 1. The van der Waals surface area contributed by atoms with E-state index in [1.54, 1.807) is 0 Å². The Balaban J connectivity index is 1.63. The van der Waals surface area contributed by atoms with Crippen LogP contribution in [0.25, 0.3) is 0 Å². The van der Waals surface area contributed by atoms with Crippen molar-refractivity contribution in [2.75, 3.05) is 18.0 Å². The van der Waals surface area contributed by atoms with Crippen molar-refractivity contribution in [3.05, 3.63) is 52.8 Å². The largest absolute Gasteiger partial charge is 0.341 e. The molecule has 0 aliphatic carbocycles. The Morgan fingerprint density at radius 1 is 1.00 bits per heavy atom. The van der Waals surface area contributed by atoms with Crippen molar-refractivity contribution in [3.8, 4) is 0 Å². The fraction of sp³-hybridized carbons (Fsp3) is 0.522. The molecule has 0 atom stereocenters. The zero-order chi connectivity index (χ0) is 19.9. The van der Waals surface area contributed by atoms with Crippen LogP contribution in [0.3, 0.4) is 0 Å². The average Bonchev–Trinajstić information content (AvgIpc) is 2.77. The summed E-state index contributed by atoms with van der Waals surface area (Å²) in [5, 5.41) is 0. The minimum atomic E-state index is -0.313. The molecule has 1 amide bonds. The quantitative estimate of drug-likeness (QED) is 0.800. The molecule has 0 N–H and O–H groups in total. The van der Waals surface area contributed by atoms with Crippen LogP contribution < -0.4 is 4.90 Å². The molecule has 28 heavy (non-hydrogen) atoms. The van der Waals surface area contributed by atoms with Crippen molar-refractivity contribution >= 4 is 11.9 Å². The fourth-order valence-electron chi connectivity index (χ4n) is 4.68. The number of rotatable bonds is 2. The third-order valence-corrected chi connectivity index (χ3v) is 6.30. The number of hydrogen-bond donors (Lipinski definition) is 0. The van der Waals surface area contributed by atoms with Gasteiger partial charge in [-0.1, -0.05) is 24.3 Å². The standard InChI is InChI=1S/C23H30N4O/c1-16(2)27-15-20-8-6-5-7-19(20)14-23(21(27)28)9-11-26(12-10-23)22-24-17(3)13-18(4)25-22/h5-8,13,16H,9-12,14-15H2,1-4H3. The second kappa shape index (κ2) is 7.19. The fourth-order valence-corrected chi connectivity index (χ4v) is 4.68. The van der Waals surface area contributed by atoms with Gasteiger partial charge in [0.1, 0.15) is 0 Å². The Morgan fingerprint density at radius 2 is 1.61 bits per heavy atom. The van der Waals surface area contributed by atoms with E-state index in [4.69, 9.17) is 0 Å². The first-order chi connectivity index (χ1) is 13.4. The first kappa shape index (κ1) is 18.9. The number of aromatic nitrogens is 2. The summed E-state index contributed by atoms with van der Waals surface area (Å²) in [7, 11) is 0. The van der Waals surface area contributed by atoms with Gasteiger partial charge >= 0.3 is 0 Å². The van der Waals surface area contributed by atoms with Gasteiger partial charge in [-0.15, -0.1) is 0 Å². The van der Waals surface area contributed by atoms with E-state index in [-0.39, 0.29) is 11.5 Å². The van der Waals surface area contributed by atoms with E-state index in [0.717, 1.165) is 56.2 Å². The highest BCUT2D eigenvalue weighted by Crippen LogP contribution is 2.41. The normalized spacial score (nSPS) is 19.1. The minimum Gasteiger partial charge on any atom is -0.341 e. The highest BCUT2D eigenvalue weighted by molar-refractivity contribution is 5.84. The number of fused-ring (bicyclic) bond motifs is 1. The molecule has 1 aromatic heterocycles. The molecule has 0 bridgehead atoms. The second-order valence-corrected chi connectivity index (χ2v) is 8.69. The minimum absolute atomic E-state index is 0.205. The lowest BCUT2D eigenvalue weighted by molar-refractivity contribution is -0.145. The maximum absolute atomic E-state index is 13.7. The number of nitrogens with zero attached hydrogens (tertiary/aromatic N) is 4. The van der Waals surface area contributed by atoms with Crippen LogP contribution in [0.4, 0.5) is 5.95 Å². The van der Waals surface area contributed by atoms with Crippen molar-refractivity contribution in [2.45, 2.75) is 59.5 Å². The van der Waals surface area contributed by atoms with Gasteiger partial charge in [-0.25, -0.2) is 9.97 Å². The monoisotopic (exact) mass is 378 g/mol. The predicted octanol–water partition coefficient (Wildman–Crippen LogP) is 3.67. The zero-order valence-corrected chi connectivity index (χ0v) is 17.4. The maximum atomic E-state index is 13.7. The molecule has 5 nitrogen and oxygen atoms in total. The number of carbonyl (C=O) groups is 1. The molecule has 1 spiro atoms. The number of benzene rings is 1. The second-order valence-electron chi connectivity index (χ2n) is 8.69. The number of hydrogen-bond acceptors (Lipinski definition) is 4. The molecule has 4 rings (SSSR count). The van der Waals surface area contributed by atoms with Gasteiger partial charge in [-0.3, -0.25) is 4.79 Å². The van der Waals surface area contributed by atoms with Gasteiger partial charge in [0.05, 0.1) is 5.41 Å². The molecular formula is C23H30N4O. The van der Waals surface area contributed by atoms with Gasteiger partial charge in [0.2, 0.25) is 11.9 Å². The first-order valence-corrected chi connectivity index (χ1v) is 10.3. The van der Waals surface area contributed by atoms with E-state index in [1.165, 1.54) is 11.1 Å². The molecule has 2 aliphatic heterocycles. The molecular weight excluding hydrogens is 348 g/mol. The van der Waals surface area contributed by atoms with Crippen LogP contribution in [0.15, 0.2) is 30.3 Å². The summed E-state index contributed by atoms with van der Waals surface area (Å²) in [4.78, 5) is 27.2. The van der Waals surface area contributed by atoms with Gasteiger partial charge in [-0.05, 0) is 64.2 Å². The molecule has 2 aliphatic rings. The number of amides is 1. The molecule has 0 radical (unpaired) electrons. The van der Waals surface area contributed by atoms with Crippen LogP contribution >= 0.6 is 0 Å². The predicted molar refractivity (Wildman–Crippen MR) is 111 cm³/mol. The lowest BCUT2D eigenvalue weighted by Crippen LogP contribution is -2.52. The maximum Gasteiger partial charge on any atom is 0.229 e. The number of aryl methyl sites for hydroxylation is 2. The highest BCUT2D eigenvalue weighted by Gasteiger charge is 2.46. The van der Waals surface area contributed by atoms with Crippen LogP contribution in [0.5, 0.6) is 0 Å². The average molecular weight is 379 g/mol. The topological polar surface area (TPSA) is 49.3 Å². The lowest BCUT2D eigenvalue weighted by Gasteiger charge is -2.43. The SMILES string of the molecule is Cc1cc(C)nc(N2CCC3(CC2)Cc2ccccc2CN(C(C)C)C3=O)n1. The van der Waals surface area contributed by atoms with Crippen molar-refractivity contribution in [1.29, 1.82) is 0 Å². The summed E-state index contributed by atoms with van der Waals surface area (Å²) in [5.41, 5.74) is 4.30. The molecule has 1 fully saturated rings. The molecule has 1 aromatic carbocycles. The van der Waals surface area contributed by atoms with Crippen molar-refractivity contribution in [1.82, 2.24) is 14.9 Å². The summed E-state index contributed by atoms with van der Waals surface area (Å²) in [5.74, 6) is 1.12. The third-order valence-electron chi connectivity index (χ3n) is 6.30. The third kappa shape index (κ3) is 3.38. The summed E-state index contributed by atoms with van der Waals surface area (Å²) >= 11 is 0. The van der Waals surface area contributed by atoms with Gasteiger partial charge < -0.3 is 9.80 Å². The molecule has 5 heteroatoms. The number of piperidine rings is 1. The highest BCUT2D eigenvalue weighted by atomic mass is 16.2. The van der Waals surface area contributed by atoms with Crippen molar-refractivity contribution < 1.29 is 4.79 Å². The molecule has 0 saturated carbocycles. The molecule has 1 saturated heterocycles. The Bertz CT molecular complexity index is 864. The van der Waals surface area contributed by atoms with E-state index in [9.17, 15) is 4.79 Å². The van der Waals surface area contributed by atoms with Crippen molar-refractivity contribution in [2.24, 2.45) is 5.41 Å². The Kier molecular flexibility index (Phi) is 4.86. The molecule has 148 valence electrons. The van der Waals surface area contributed by atoms with Crippen LogP contribution in [0.2, 0.25) is 0 Å². The molecule has 3 heterocycles. The molecule has 0 unspecified atom stereocenters. The van der Waals surface area contributed by atoms with E-state index < -0.39 is 0 Å². The smallest absolute Gasteiger partial charge is 0.229 e. The van der Waals surface area contributed by atoms with Crippen molar-refractivity contribution in [3.63, 3.8) is 0 Å². The van der Waals surface area contributed by atoms with Gasteiger partial charge in [-0.2, -0.15) is 0 Å². The zero-order valence-electron chi connectivity index (χ0n) is 17.4. The van der Waals surface area contributed by atoms with E-state index in [2.05, 4.69) is 57.9 Å². The Hall–Kier alpha value is -2.43. The summed E-state index contributed by atoms with van der Waals surface area (Å²) in [6, 6.07) is 10.8. The van der Waals surface area contributed by atoms with Crippen LogP contribution in [-0.4, -0.2) is 39.9 Å². The van der Waals surface area contributed by atoms with E-state index >= 15 is 0 Å². The first-order valence-electron chi connectivity index (χ1n) is 10.3. The summed E-state index contributed by atoms with van der Waals surface area (Å²) < 4.78 is 0. The van der Waals surface area contributed by atoms with Crippen LogP contribution in [0.1, 0.15) is 49.2 Å². The van der Waals surface area contributed by atoms with Gasteiger partial charge in [0.25, 0.3) is 0 Å². The molecule has 2 aromatic rings. The van der Waals surface area contributed by atoms with E-state index in [1.807, 2.05) is 19.9 Å². The van der Waals surface area contributed by atoms with Crippen LogP contribution in [0, 0.1) is 19.3 Å². The summed E-state index contributed by atoms with van der Waals surface area (Å²) in [6.45, 7) is 10.6. The Morgan fingerprint density at radius 3 is 2.21 bits per heavy atom. The van der Waals surface area contributed by atoms with E-state index in [0.29, 0.717) is 5.91 Å². The number of carbonyl (C=O) groups excluding carboxylic acids is 1. The Labute approximate surface area is 167 Å². The lowest BCUT2D eigenvalue weighted by atomic mass is 9.73. The van der Waals surface area contributed by atoms with Crippen LogP contribution in [-0.2, 0) is 17.8 Å². The summed E-state index contributed by atoms with van der Waals surface area (Å²) in [6.07, 6.45) is 2.53.